The monoisotopic (exact) mass is 241 g/mol. The van der Waals surface area contributed by atoms with Gasteiger partial charge in [0.15, 0.2) is 6.29 Å². The number of aromatic nitrogens is 1. The van der Waals surface area contributed by atoms with Crippen molar-refractivity contribution >= 4 is 6.08 Å². The molecule has 18 heavy (non-hydrogen) atoms. The second kappa shape index (κ2) is 5.21. The van der Waals surface area contributed by atoms with E-state index in [0.29, 0.717) is 13.2 Å². The summed E-state index contributed by atoms with van der Waals surface area (Å²) in [4.78, 5) is 0. The van der Waals surface area contributed by atoms with Crippen molar-refractivity contribution in [1.82, 2.24) is 4.57 Å². The van der Waals surface area contributed by atoms with Crippen molar-refractivity contribution in [2.24, 2.45) is 0 Å². The summed E-state index contributed by atoms with van der Waals surface area (Å²) in [5, 5.41) is 0. The molecular weight excluding hydrogens is 226 g/mol. The zero-order chi connectivity index (χ0) is 12.2. The van der Waals surface area contributed by atoms with E-state index in [-0.39, 0.29) is 6.29 Å². The van der Waals surface area contributed by atoms with Gasteiger partial charge in [-0.05, 0) is 36.4 Å². The van der Waals surface area contributed by atoms with E-state index in [9.17, 15) is 0 Å². The maximum absolute atomic E-state index is 5.38. The number of ether oxygens (including phenoxy) is 2. The van der Waals surface area contributed by atoms with Crippen LogP contribution in [0.3, 0.4) is 0 Å². The van der Waals surface area contributed by atoms with Crippen LogP contribution in [0.1, 0.15) is 5.69 Å². The molecule has 2 aromatic rings. The third kappa shape index (κ3) is 2.37. The summed E-state index contributed by atoms with van der Waals surface area (Å²) < 4.78 is 12.9. The zero-order valence-electron chi connectivity index (χ0n) is 10.0. The Kier molecular flexibility index (Phi) is 3.26. The highest BCUT2D eigenvalue weighted by Gasteiger charge is 2.11. The smallest absolute Gasteiger partial charge is 0.177 e. The van der Waals surface area contributed by atoms with Gasteiger partial charge < -0.3 is 14.0 Å². The van der Waals surface area contributed by atoms with Gasteiger partial charge in [-0.3, -0.25) is 0 Å². The minimum absolute atomic E-state index is 0.205. The first-order chi connectivity index (χ1) is 8.93. The van der Waals surface area contributed by atoms with E-state index in [0.717, 1.165) is 11.4 Å². The summed E-state index contributed by atoms with van der Waals surface area (Å²) in [6.45, 7) is 1.35. The van der Waals surface area contributed by atoms with Gasteiger partial charge in [0.2, 0.25) is 0 Å². The Morgan fingerprint density at radius 2 is 1.78 bits per heavy atom. The van der Waals surface area contributed by atoms with E-state index in [1.54, 1.807) is 0 Å². The molecule has 1 saturated heterocycles. The predicted octanol–water partition coefficient (Wildman–Crippen LogP) is 2.86. The molecule has 0 bridgehead atoms. The number of nitrogens with zero attached hydrogens (tertiary/aromatic N) is 1. The van der Waals surface area contributed by atoms with Crippen molar-refractivity contribution in [3.63, 3.8) is 0 Å². The van der Waals surface area contributed by atoms with Crippen molar-refractivity contribution in [1.29, 1.82) is 0 Å². The van der Waals surface area contributed by atoms with Gasteiger partial charge in [0, 0.05) is 17.6 Å². The maximum atomic E-state index is 5.38. The van der Waals surface area contributed by atoms with Gasteiger partial charge >= 0.3 is 0 Å². The van der Waals surface area contributed by atoms with Crippen LogP contribution in [0.15, 0.2) is 54.7 Å². The van der Waals surface area contributed by atoms with E-state index >= 15 is 0 Å². The van der Waals surface area contributed by atoms with Crippen LogP contribution in [0.5, 0.6) is 0 Å². The Labute approximate surface area is 106 Å². The van der Waals surface area contributed by atoms with Crippen LogP contribution in [0.4, 0.5) is 0 Å². The number of hydrogen-bond acceptors (Lipinski definition) is 2. The summed E-state index contributed by atoms with van der Waals surface area (Å²) in [5.74, 6) is 0. The molecule has 1 aromatic carbocycles. The predicted molar refractivity (Wildman–Crippen MR) is 70.5 cm³/mol. The zero-order valence-corrected chi connectivity index (χ0v) is 10.0. The Morgan fingerprint density at radius 1 is 1.00 bits per heavy atom. The van der Waals surface area contributed by atoms with Crippen LogP contribution < -0.4 is 0 Å². The first-order valence-electron chi connectivity index (χ1n) is 6.08. The van der Waals surface area contributed by atoms with E-state index in [2.05, 4.69) is 22.8 Å². The Balaban J connectivity index is 1.83. The highest BCUT2D eigenvalue weighted by atomic mass is 16.7. The third-order valence-corrected chi connectivity index (χ3v) is 2.89. The lowest BCUT2D eigenvalue weighted by Crippen LogP contribution is -2.02. The molecule has 1 fully saturated rings. The maximum Gasteiger partial charge on any atom is 0.177 e. The topological polar surface area (TPSA) is 23.4 Å². The van der Waals surface area contributed by atoms with Crippen LogP contribution in [-0.2, 0) is 9.47 Å². The fourth-order valence-electron chi connectivity index (χ4n) is 2.02. The Bertz CT molecular complexity index is 524. The average molecular weight is 241 g/mol. The van der Waals surface area contributed by atoms with Gasteiger partial charge in [0.25, 0.3) is 0 Å². The lowest BCUT2D eigenvalue weighted by molar-refractivity contribution is -0.000920. The summed E-state index contributed by atoms with van der Waals surface area (Å²) >= 11 is 0. The molecule has 0 radical (unpaired) electrons. The second-order valence-electron chi connectivity index (χ2n) is 4.11. The number of benzene rings is 1. The van der Waals surface area contributed by atoms with Gasteiger partial charge in [0.1, 0.15) is 0 Å². The number of rotatable bonds is 3. The van der Waals surface area contributed by atoms with Gasteiger partial charge in [-0.25, -0.2) is 0 Å². The van der Waals surface area contributed by atoms with Gasteiger partial charge in [0.05, 0.1) is 13.2 Å². The molecular formula is C15H15NO2. The van der Waals surface area contributed by atoms with Crippen molar-refractivity contribution in [2.45, 2.75) is 6.29 Å². The molecule has 2 heterocycles. The molecule has 0 N–H and O–H groups in total. The van der Waals surface area contributed by atoms with Crippen LogP contribution in [-0.4, -0.2) is 24.1 Å². The molecule has 1 aliphatic rings. The van der Waals surface area contributed by atoms with Crippen molar-refractivity contribution in [2.75, 3.05) is 13.2 Å². The van der Waals surface area contributed by atoms with Gasteiger partial charge in [-0.1, -0.05) is 18.2 Å². The molecule has 0 atom stereocenters. The summed E-state index contributed by atoms with van der Waals surface area (Å²) in [6.07, 6.45) is 5.82. The molecule has 0 unspecified atom stereocenters. The first-order valence-corrected chi connectivity index (χ1v) is 6.08. The second-order valence-corrected chi connectivity index (χ2v) is 4.11. The van der Waals surface area contributed by atoms with Crippen molar-refractivity contribution in [3.8, 4) is 5.69 Å². The van der Waals surface area contributed by atoms with Gasteiger partial charge in [-0.15, -0.1) is 0 Å². The number of para-hydroxylation sites is 1. The molecule has 0 saturated carbocycles. The normalized spacial score (nSPS) is 16.7. The molecule has 3 nitrogen and oxygen atoms in total. The Morgan fingerprint density at radius 3 is 2.56 bits per heavy atom. The fourth-order valence-corrected chi connectivity index (χ4v) is 2.02. The molecule has 0 amide bonds. The van der Waals surface area contributed by atoms with Crippen LogP contribution in [0.25, 0.3) is 11.8 Å². The Hall–Kier alpha value is -1.84. The quantitative estimate of drug-likeness (QED) is 0.825. The molecule has 1 aliphatic heterocycles. The summed E-state index contributed by atoms with van der Waals surface area (Å²) in [7, 11) is 0. The van der Waals surface area contributed by atoms with E-state index in [1.807, 2.05) is 42.6 Å². The molecule has 92 valence electrons. The van der Waals surface area contributed by atoms with E-state index < -0.39 is 0 Å². The van der Waals surface area contributed by atoms with Gasteiger partial charge in [-0.2, -0.15) is 0 Å². The van der Waals surface area contributed by atoms with Crippen LogP contribution in [0, 0.1) is 0 Å². The van der Waals surface area contributed by atoms with E-state index in [1.165, 1.54) is 0 Å². The van der Waals surface area contributed by atoms with Crippen LogP contribution >= 0.6 is 0 Å². The number of hydrogen-bond donors (Lipinski definition) is 0. The largest absolute Gasteiger partial charge is 0.347 e. The molecule has 0 aliphatic carbocycles. The van der Waals surface area contributed by atoms with E-state index in [4.69, 9.17) is 9.47 Å². The van der Waals surface area contributed by atoms with Crippen molar-refractivity contribution in [3.05, 3.63) is 60.4 Å². The molecule has 1 aromatic heterocycles. The highest BCUT2D eigenvalue weighted by molar-refractivity contribution is 5.50. The SMILES string of the molecule is C(=C\C1OCCO1)/c1cccn1-c1ccccc1. The third-order valence-electron chi connectivity index (χ3n) is 2.89. The summed E-state index contributed by atoms with van der Waals surface area (Å²) in [6, 6.07) is 14.3. The lowest BCUT2D eigenvalue weighted by atomic mass is 10.3. The first kappa shape index (κ1) is 11.3. The average Bonchev–Trinajstić information content (AvgIpc) is 3.09. The molecule has 3 rings (SSSR count). The van der Waals surface area contributed by atoms with Crippen LogP contribution in [0.2, 0.25) is 0 Å². The summed E-state index contributed by atoms with van der Waals surface area (Å²) in [5.41, 5.74) is 2.26. The molecule has 3 heteroatoms. The minimum Gasteiger partial charge on any atom is -0.347 e. The van der Waals surface area contributed by atoms with Crippen molar-refractivity contribution < 1.29 is 9.47 Å². The highest BCUT2D eigenvalue weighted by Crippen LogP contribution is 2.15. The minimum atomic E-state index is -0.205. The fraction of sp³-hybridized carbons (Fsp3) is 0.200. The molecule has 0 spiro atoms. The standard InChI is InChI=1S/C15H15NO2/c1-2-5-13(6-3-1)16-10-4-7-14(16)8-9-15-17-11-12-18-15/h1-10,15H,11-12H2/b9-8+. The lowest BCUT2D eigenvalue weighted by Gasteiger charge is -2.07.